The molecule has 4 nitrogen and oxygen atoms in total. The number of likely N-dealkylation sites (N-methyl/N-ethyl adjacent to an activating group) is 1. The molecule has 0 saturated heterocycles. The lowest BCUT2D eigenvalue weighted by molar-refractivity contribution is -0.120. The number of nitrogens with zero attached hydrogens (tertiary/aromatic N) is 2. The normalized spacial score (nSPS) is 15.9. The lowest BCUT2D eigenvalue weighted by atomic mass is 9.89. The Morgan fingerprint density at radius 2 is 2.17 bits per heavy atom. The molecule has 0 aromatic heterocycles. The van der Waals surface area contributed by atoms with Crippen molar-refractivity contribution >= 4 is 11.6 Å². The van der Waals surface area contributed by atoms with E-state index in [1.165, 1.54) is 0 Å². The van der Waals surface area contributed by atoms with Gasteiger partial charge in [-0.1, -0.05) is 19.9 Å². The van der Waals surface area contributed by atoms with Crippen LogP contribution in [0.5, 0.6) is 5.75 Å². The fourth-order valence-electron chi connectivity index (χ4n) is 2.09. The molecule has 0 aliphatic carbocycles. The van der Waals surface area contributed by atoms with Crippen LogP contribution in [0.4, 0.5) is 5.69 Å². The van der Waals surface area contributed by atoms with Gasteiger partial charge in [0.2, 0.25) is 0 Å². The van der Waals surface area contributed by atoms with Gasteiger partial charge < -0.3 is 9.64 Å². The first-order chi connectivity index (χ1) is 8.54. The maximum atomic E-state index is 11.6. The maximum absolute atomic E-state index is 11.6. The molecule has 1 amide bonds. The maximum Gasteiger partial charge on any atom is 0.264 e. The fraction of sp³-hybridized carbons (Fsp3) is 0.429. The molecule has 1 atom stereocenters. The molecule has 0 fully saturated rings. The largest absolute Gasteiger partial charge is 0.482 e. The van der Waals surface area contributed by atoms with E-state index in [0.29, 0.717) is 5.75 Å². The van der Waals surface area contributed by atoms with Gasteiger partial charge in [-0.3, -0.25) is 4.79 Å². The Hall–Kier alpha value is -2.02. The zero-order chi connectivity index (χ0) is 13.3. The fourth-order valence-corrected chi connectivity index (χ4v) is 2.09. The van der Waals surface area contributed by atoms with Crippen LogP contribution in [0.15, 0.2) is 18.2 Å². The van der Waals surface area contributed by atoms with Gasteiger partial charge in [0.25, 0.3) is 5.91 Å². The average Bonchev–Trinajstić information content (AvgIpc) is 2.35. The second-order valence-electron chi connectivity index (χ2n) is 4.82. The number of carbonyl (C=O) groups excluding carboxylic acids is 1. The van der Waals surface area contributed by atoms with Gasteiger partial charge in [-0.25, -0.2) is 0 Å². The second kappa shape index (κ2) is 4.69. The summed E-state index contributed by atoms with van der Waals surface area (Å²) in [6.07, 6.45) is 0. The van der Waals surface area contributed by atoms with Crippen molar-refractivity contribution in [1.82, 2.24) is 0 Å². The van der Waals surface area contributed by atoms with E-state index in [0.717, 1.165) is 11.3 Å². The molecule has 4 heteroatoms. The van der Waals surface area contributed by atoms with Crippen LogP contribution in [-0.4, -0.2) is 19.6 Å². The molecular weight excluding hydrogens is 228 g/mol. The summed E-state index contributed by atoms with van der Waals surface area (Å²) >= 11 is 0. The number of hydrogen-bond acceptors (Lipinski definition) is 3. The third-order valence-electron chi connectivity index (χ3n) is 3.23. The third-order valence-corrected chi connectivity index (χ3v) is 3.23. The van der Waals surface area contributed by atoms with Gasteiger partial charge in [0.1, 0.15) is 5.75 Å². The number of rotatable bonds is 2. The average molecular weight is 244 g/mol. The quantitative estimate of drug-likeness (QED) is 0.802. The van der Waals surface area contributed by atoms with Crippen molar-refractivity contribution in [2.45, 2.75) is 19.8 Å². The summed E-state index contributed by atoms with van der Waals surface area (Å²) in [6, 6.07) is 7.91. The van der Waals surface area contributed by atoms with Crippen LogP contribution in [0.25, 0.3) is 0 Å². The number of hydrogen-bond donors (Lipinski definition) is 0. The Balaban J connectivity index is 2.43. The number of anilines is 1. The van der Waals surface area contributed by atoms with Crippen LogP contribution in [0.2, 0.25) is 0 Å². The van der Waals surface area contributed by atoms with Crippen molar-refractivity contribution in [2.75, 3.05) is 18.6 Å². The summed E-state index contributed by atoms with van der Waals surface area (Å²) in [7, 11) is 1.73. The molecule has 1 aliphatic heterocycles. The molecule has 0 spiro atoms. The van der Waals surface area contributed by atoms with Gasteiger partial charge in [-0.2, -0.15) is 5.26 Å². The third kappa shape index (κ3) is 2.04. The van der Waals surface area contributed by atoms with Crippen molar-refractivity contribution in [3.05, 3.63) is 23.8 Å². The molecule has 1 aromatic carbocycles. The standard InChI is InChI=1S/C14H16N2O2/c1-9(2)11(7-15)10-4-5-13-12(6-10)16(3)14(17)8-18-13/h4-6,9,11H,8H2,1-3H3. The van der Waals surface area contributed by atoms with Crippen molar-refractivity contribution in [3.8, 4) is 11.8 Å². The summed E-state index contributed by atoms with van der Waals surface area (Å²) in [5.41, 5.74) is 1.67. The predicted molar refractivity (Wildman–Crippen MR) is 68.5 cm³/mol. The molecular formula is C14H16N2O2. The van der Waals surface area contributed by atoms with Crippen molar-refractivity contribution < 1.29 is 9.53 Å². The summed E-state index contributed by atoms with van der Waals surface area (Å²) in [5, 5.41) is 9.21. The van der Waals surface area contributed by atoms with Crippen LogP contribution in [0.1, 0.15) is 25.3 Å². The zero-order valence-corrected chi connectivity index (χ0v) is 10.8. The van der Waals surface area contributed by atoms with E-state index < -0.39 is 0 Å². The number of fused-ring (bicyclic) bond motifs is 1. The van der Waals surface area contributed by atoms with Gasteiger partial charge in [0, 0.05) is 7.05 Å². The molecule has 0 saturated carbocycles. The highest BCUT2D eigenvalue weighted by molar-refractivity contribution is 5.97. The van der Waals surface area contributed by atoms with E-state index in [4.69, 9.17) is 4.74 Å². The highest BCUT2D eigenvalue weighted by Gasteiger charge is 2.24. The first kappa shape index (κ1) is 12.4. The van der Waals surface area contributed by atoms with Gasteiger partial charge in [-0.05, 0) is 23.6 Å². The summed E-state index contributed by atoms with van der Waals surface area (Å²) < 4.78 is 5.36. The SMILES string of the molecule is CC(C)C(C#N)c1ccc2c(c1)N(C)C(=O)CO2. The molecule has 1 aromatic rings. The number of carbonyl (C=O) groups is 1. The Morgan fingerprint density at radius 3 is 2.78 bits per heavy atom. The van der Waals surface area contributed by atoms with Crippen LogP contribution in [-0.2, 0) is 4.79 Å². The Bertz CT molecular complexity index is 517. The summed E-state index contributed by atoms with van der Waals surface area (Å²) in [5.74, 6) is 0.693. The smallest absolute Gasteiger partial charge is 0.264 e. The first-order valence-electron chi connectivity index (χ1n) is 5.97. The lowest BCUT2D eigenvalue weighted by Gasteiger charge is -2.27. The molecule has 0 radical (unpaired) electrons. The van der Waals surface area contributed by atoms with Gasteiger partial charge in [0.15, 0.2) is 6.61 Å². The lowest BCUT2D eigenvalue weighted by Crippen LogP contribution is -2.35. The molecule has 0 N–H and O–H groups in total. The Morgan fingerprint density at radius 1 is 1.44 bits per heavy atom. The van der Waals surface area contributed by atoms with Gasteiger partial charge in [0.05, 0.1) is 17.7 Å². The molecule has 1 heterocycles. The van der Waals surface area contributed by atoms with E-state index in [2.05, 4.69) is 6.07 Å². The van der Waals surface area contributed by atoms with Crippen LogP contribution in [0, 0.1) is 17.2 Å². The van der Waals surface area contributed by atoms with Crippen LogP contribution >= 0.6 is 0 Å². The molecule has 94 valence electrons. The minimum atomic E-state index is -0.166. The van der Waals surface area contributed by atoms with Gasteiger partial charge >= 0.3 is 0 Å². The number of nitriles is 1. The van der Waals surface area contributed by atoms with E-state index in [1.807, 2.05) is 32.0 Å². The topological polar surface area (TPSA) is 53.3 Å². The van der Waals surface area contributed by atoms with E-state index in [1.54, 1.807) is 11.9 Å². The monoisotopic (exact) mass is 244 g/mol. The Kier molecular flexibility index (Phi) is 3.24. The predicted octanol–water partition coefficient (Wildman–Crippen LogP) is 2.30. The number of benzene rings is 1. The van der Waals surface area contributed by atoms with E-state index in [-0.39, 0.29) is 24.3 Å². The van der Waals surface area contributed by atoms with Crippen molar-refractivity contribution in [2.24, 2.45) is 5.92 Å². The molecule has 1 unspecified atom stereocenters. The zero-order valence-electron chi connectivity index (χ0n) is 10.8. The minimum absolute atomic E-state index is 0.0716. The number of ether oxygens (including phenoxy) is 1. The van der Waals surface area contributed by atoms with Crippen molar-refractivity contribution in [3.63, 3.8) is 0 Å². The summed E-state index contributed by atoms with van der Waals surface area (Å²) in [4.78, 5) is 13.2. The van der Waals surface area contributed by atoms with Crippen LogP contribution in [0.3, 0.4) is 0 Å². The molecule has 2 rings (SSSR count). The van der Waals surface area contributed by atoms with E-state index >= 15 is 0 Å². The number of amides is 1. The van der Waals surface area contributed by atoms with Gasteiger partial charge in [-0.15, -0.1) is 0 Å². The van der Waals surface area contributed by atoms with Crippen molar-refractivity contribution in [1.29, 1.82) is 5.26 Å². The molecule has 1 aliphatic rings. The minimum Gasteiger partial charge on any atom is -0.482 e. The molecule has 18 heavy (non-hydrogen) atoms. The second-order valence-corrected chi connectivity index (χ2v) is 4.82. The summed E-state index contributed by atoms with van der Waals surface area (Å²) in [6.45, 7) is 4.10. The first-order valence-corrected chi connectivity index (χ1v) is 5.97. The highest BCUT2D eigenvalue weighted by atomic mass is 16.5. The molecule has 0 bridgehead atoms. The highest BCUT2D eigenvalue weighted by Crippen LogP contribution is 2.35. The van der Waals surface area contributed by atoms with Crippen LogP contribution < -0.4 is 9.64 Å². The Labute approximate surface area is 107 Å². The van der Waals surface area contributed by atoms with E-state index in [9.17, 15) is 10.1 Å².